The van der Waals surface area contributed by atoms with E-state index in [1.165, 1.54) is 0 Å². The van der Waals surface area contributed by atoms with E-state index in [-0.39, 0.29) is 6.61 Å². The lowest BCUT2D eigenvalue weighted by molar-refractivity contribution is 0.206. The third kappa shape index (κ3) is 1.91. The van der Waals surface area contributed by atoms with E-state index in [0.29, 0.717) is 6.61 Å². The summed E-state index contributed by atoms with van der Waals surface area (Å²) in [6.45, 7) is 1.39. The number of nitrogens with zero attached hydrogens (tertiary/aromatic N) is 3. The second kappa shape index (κ2) is 4.82. The van der Waals surface area contributed by atoms with Crippen molar-refractivity contribution in [3.63, 3.8) is 0 Å². The molecule has 16 heavy (non-hydrogen) atoms. The number of aliphatic hydroxyl groups excluding tert-OH is 1. The highest BCUT2D eigenvalue weighted by atomic mass is 32.1. The minimum Gasteiger partial charge on any atom is -0.390 e. The number of imidazole rings is 1. The number of aliphatic hydroxyl groups is 1. The molecule has 0 saturated carbocycles. The number of fused-ring (bicyclic) bond motifs is 1. The first-order chi connectivity index (χ1) is 7.77. The van der Waals surface area contributed by atoms with Crippen molar-refractivity contribution in [2.24, 2.45) is 0 Å². The third-order valence-electron chi connectivity index (χ3n) is 2.48. The zero-order valence-electron chi connectivity index (χ0n) is 9.38. The number of hydrogen-bond donors (Lipinski definition) is 1. The molecule has 0 aromatic carbocycles. The van der Waals surface area contributed by atoms with Gasteiger partial charge in [-0.25, -0.2) is 4.98 Å². The Kier molecular flexibility index (Phi) is 3.42. The van der Waals surface area contributed by atoms with Crippen LogP contribution in [0.5, 0.6) is 0 Å². The highest BCUT2D eigenvalue weighted by molar-refractivity contribution is 7.15. The quantitative estimate of drug-likeness (QED) is 0.847. The summed E-state index contributed by atoms with van der Waals surface area (Å²) in [5, 5.41) is 11.3. The van der Waals surface area contributed by atoms with E-state index in [1.807, 2.05) is 27.9 Å². The fourth-order valence-electron chi connectivity index (χ4n) is 1.61. The summed E-state index contributed by atoms with van der Waals surface area (Å²) in [5.74, 6) is 0.825. The molecule has 0 bridgehead atoms. The third-order valence-corrected chi connectivity index (χ3v) is 3.24. The van der Waals surface area contributed by atoms with Gasteiger partial charge in [-0.2, -0.15) is 0 Å². The molecule has 0 amide bonds. The van der Waals surface area contributed by atoms with Gasteiger partial charge in [0.05, 0.1) is 18.9 Å². The summed E-state index contributed by atoms with van der Waals surface area (Å²) in [6.07, 6.45) is 1.92. The molecule has 2 aromatic rings. The van der Waals surface area contributed by atoms with E-state index in [4.69, 9.17) is 4.74 Å². The van der Waals surface area contributed by atoms with Crippen LogP contribution >= 0.6 is 11.3 Å². The van der Waals surface area contributed by atoms with Gasteiger partial charge in [-0.05, 0) is 0 Å². The molecule has 0 saturated heterocycles. The molecule has 5 nitrogen and oxygen atoms in total. The number of likely N-dealkylation sites (N-methyl/N-ethyl adjacent to an activating group) is 1. The van der Waals surface area contributed by atoms with Crippen LogP contribution in [0.15, 0.2) is 11.6 Å². The second-order valence-electron chi connectivity index (χ2n) is 3.51. The molecule has 88 valence electrons. The number of thiazole rings is 1. The smallest absolute Gasteiger partial charge is 0.195 e. The Morgan fingerprint density at radius 3 is 3.12 bits per heavy atom. The van der Waals surface area contributed by atoms with Gasteiger partial charge in [0.2, 0.25) is 0 Å². The molecule has 0 aliphatic rings. The lowest BCUT2D eigenvalue weighted by Gasteiger charge is -2.17. The van der Waals surface area contributed by atoms with Crippen molar-refractivity contribution < 1.29 is 9.84 Å². The summed E-state index contributed by atoms with van der Waals surface area (Å²) < 4.78 is 6.95. The Balaban J connectivity index is 2.31. The van der Waals surface area contributed by atoms with Gasteiger partial charge in [0.1, 0.15) is 0 Å². The Labute approximate surface area is 97.9 Å². The molecular weight excluding hydrogens is 226 g/mol. The fraction of sp³-hybridized carbons (Fsp3) is 0.500. The Morgan fingerprint density at radius 2 is 2.44 bits per heavy atom. The number of rotatable bonds is 5. The maximum absolute atomic E-state index is 9.38. The van der Waals surface area contributed by atoms with Crippen LogP contribution in [0.3, 0.4) is 0 Å². The van der Waals surface area contributed by atoms with E-state index in [1.54, 1.807) is 18.4 Å². The first kappa shape index (κ1) is 11.4. The standard InChI is InChI=1S/C10H15N3O2S/c1-12(3-5-15-2)9-8(7-14)13-4-6-16-10(13)11-9/h4,6,14H,3,5,7H2,1-2H3. The average Bonchev–Trinajstić information content (AvgIpc) is 2.84. The van der Waals surface area contributed by atoms with Crippen molar-refractivity contribution in [2.75, 3.05) is 32.2 Å². The number of hydrogen-bond acceptors (Lipinski definition) is 5. The summed E-state index contributed by atoms with van der Waals surface area (Å²) >= 11 is 1.56. The fourth-order valence-corrected chi connectivity index (χ4v) is 2.34. The monoisotopic (exact) mass is 241 g/mol. The molecule has 0 unspecified atom stereocenters. The highest BCUT2D eigenvalue weighted by Crippen LogP contribution is 2.23. The lowest BCUT2D eigenvalue weighted by atomic mass is 10.4. The normalized spacial score (nSPS) is 11.2. The molecule has 6 heteroatoms. The molecule has 0 aliphatic carbocycles. The molecule has 0 radical (unpaired) electrons. The van der Waals surface area contributed by atoms with Crippen molar-refractivity contribution in [2.45, 2.75) is 6.61 Å². The van der Waals surface area contributed by atoms with Crippen molar-refractivity contribution in [3.05, 3.63) is 17.3 Å². The van der Waals surface area contributed by atoms with Crippen molar-refractivity contribution in [1.29, 1.82) is 0 Å². The number of anilines is 1. The van der Waals surface area contributed by atoms with Crippen molar-refractivity contribution in [3.8, 4) is 0 Å². The SMILES string of the molecule is COCCN(C)c1nc2sccn2c1CO. The first-order valence-electron chi connectivity index (χ1n) is 5.03. The summed E-state index contributed by atoms with van der Waals surface area (Å²) in [5.41, 5.74) is 0.829. The molecule has 0 atom stereocenters. The molecule has 0 spiro atoms. The van der Waals surface area contributed by atoms with Gasteiger partial charge in [-0.15, -0.1) is 11.3 Å². The molecule has 0 fully saturated rings. The molecule has 1 N–H and O–H groups in total. The van der Waals surface area contributed by atoms with Crippen LogP contribution in [0, 0.1) is 0 Å². The van der Waals surface area contributed by atoms with Crippen LogP contribution in [0.1, 0.15) is 5.69 Å². The number of ether oxygens (including phenoxy) is 1. The topological polar surface area (TPSA) is 50.0 Å². The van der Waals surface area contributed by atoms with Gasteiger partial charge in [-0.1, -0.05) is 0 Å². The zero-order valence-corrected chi connectivity index (χ0v) is 10.2. The minimum atomic E-state index is -0.00937. The van der Waals surface area contributed by atoms with Crippen LogP contribution in [-0.4, -0.2) is 41.8 Å². The van der Waals surface area contributed by atoms with Gasteiger partial charge in [0, 0.05) is 32.3 Å². The molecule has 2 heterocycles. The van der Waals surface area contributed by atoms with Crippen LogP contribution in [0.4, 0.5) is 5.82 Å². The van der Waals surface area contributed by atoms with Gasteiger partial charge in [0.15, 0.2) is 10.8 Å². The predicted octanol–water partition coefficient (Wildman–Crippen LogP) is 0.971. The zero-order chi connectivity index (χ0) is 11.5. The molecule has 0 aliphatic heterocycles. The number of aromatic nitrogens is 2. The van der Waals surface area contributed by atoms with E-state index < -0.39 is 0 Å². The van der Waals surface area contributed by atoms with Gasteiger partial charge in [-0.3, -0.25) is 4.40 Å². The molecular formula is C10H15N3O2S. The van der Waals surface area contributed by atoms with Crippen LogP contribution in [0.2, 0.25) is 0 Å². The summed E-state index contributed by atoms with van der Waals surface area (Å²) in [4.78, 5) is 7.39. The maximum atomic E-state index is 9.38. The first-order valence-corrected chi connectivity index (χ1v) is 5.91. The van der Waals surface area contributed by atoms with Crippen LogP contribution < -0.4 is 4.90 Å². The molecule has 2 aromatic heterocycles. The highest BCUT2D eigenvalue weighted by Gasteiger charge is 2.15. The van der Waals surface area contributed by atoms with E-state index >= 15 is 0 Å². The lowest BCUT2D eigenvalue weighted by Crippen LogP contribution is -2.23. The van der Waals surface area contributed by atoms with Crippen molar-refractivity contribution in [1.82, 2.24) is 9.38 Å². The van der Waals surface area contributed by atoms with Crippen LogP contribution in [0.25, 0.3) is 4.96 Å². The van der Waals surface area contributed by atoms with Gasteiger partial charge >= 0.3 is 0 Å². The van der Waals surface area contributed by atoms with E-state index in [9.17, 15) is 5.11 Å². The Bertz CT molecular complexity index is 466. The van der Waals surface area contributed by atoms with E-state index in [0.717, 1.165) is 23.0 Å². The Hall–Kier alpha value is -1.11. The molecule has 2 rings (SSSR count). The minimum absolute atomic E-state index is 0.00937. The van der Waals surface area contributed by atoms with Crippen LogP contribution in [-0.2, 0) is 11.3 Å². The van der Waals surface area contributed by atoms with Crippen molar-refractivity contribution >= 4 is 22.1 Å². The largest absolute Gasteiger partial charge is 0.390 e. The van der Waals surface area contributed by atoms with E-state index in [2.05, 4.69) is 4.98 Å². The summed E-state index contributed by atoms with van der Waals surface area (Å²) in [7, 11) is 3.62. The van der Waals surface area contributed by atoms with Gasteiger partial charge < -0.3 is 14.7 Å². The average molecular weight is 241 g/mol. The number of methoxy groups -OCH3 is 1. The second-order valence-corrected chi connectivity index (χ2v) is 4.38. The maximum Gasteiger partial charge on any atom is 0.195 e. The predicted molar refractivity (Wildman–Crippen MR) is 64.1 cm³/mol. The van der Waals surface area contributed by atoms with Gasteiger partial charge in [0.25, 0.3) is 0 Å². The summed E-state index contributed by atoms with van der Waals surface area (Å²) in [6, 6.07) is 0. The Morgan fingerprint density at radius 1 is 1.62 bits per heavy atom.